The molecule has 50 valence electrons. The zero-order chi connectivity index (χ0) is 7.70. The second-order valence-electron chi connectivity index (χ2n) is 0.759. The van der Waals surface area contributed by atoms with E-state index in [9.17, 15) is 4.79 Å². The molecule has 0 saturated heterocycles. The minimum Gasteiger partial charge on any atom is -0.437 e. The van der Waals surface area contributed by atoms with Gasteiger partial charge >= 0.3 is 64.3 Å². The van der Waals surface area contributed by atoms with Gasteiger partial charge in [0.2, 0.25) is 0 Å². The Kier molecular flexibility index (Phi) is 26.8. The number of hydrogen-bond acceptors (Lipinski definition) is 4. The van der Waals surface area contributed by atoms with E-state index in [1.807, 2.05) is 6.08 Å². The summed E-state index contributed by atoms with van der Waals surface area (Å²) in [6, 6.07) is 0. The van der Waals surface area contributed by atoms with Crippen molar-refractivity contribution in [2.24, 2.45) is 11.5 Å². The molecule has 0 unspecified atom stereocenters. The average Bonchev–Trinajstić information content (AvgIpc) is 1.67. The summed E-state index contributed by atoms with van der Waals surface area (Å²) in [4.78, 5) is 25.8. The monoisotopic (exact) mass is 214 g/mol. The standard InChI is InChI=1S/C3H5N2O.CO2.Rb/c4-2-1-3(5)6;2-1-3;/h2H,4H2,(H2,5,6);;/q-1;;+1. The molecular formula is C4H5N2O3Rb. The number of amides is 1. The van der Waals surface area contributed by atoms with Crippen LogP contribution in [0, 0.1) is 6.08 Å². The summed E-state index contributed by atoms with van der Waals surface area (Å²) < 4.78 is 0. The van der Waals surface area contributed by atoms with Crippen LogP contribution in [0.25, 0.3) is 0 Å². The van der Waals surface area contributed by atoms with Crippen molar-refractivity contribution in [1.82, 2.24) is 0 Å². The summed E-state index contributed by atoms with van der Waals surface area (Å²) in [6.07, 6.45) is 3.22. The summed E-state index contributed by atoms with van der Waals surface area (Å²) >= 11 is 0. The molecule has 6 heteroatoms. The summed E-state index contributed by atoms with van der Waals surface area (Å²) in [5.41, 5.74) is 9.23. The molecule has 0 aromatic heterocycles. The zero-order valence-corrected chi connectivity index (χ0v) is 10.4. The molecule has 4 N–H and O–H groups in total. The predicted octanol–water partition coefficient (Wildman–Crippen LogP) is -4.83. The van der Waals surface area contributed by atoms with E-state index in [1.165, 1.54) is 0 Å². The third-order valence-corrected chi connectivity index (χ3v) is 0.226. The van der Waals surface area contributed by atoms with Crippen molar-refractivity contribution in [2.75, 3.05) is 0 Å². The molecule has 0 radical (unpaired) electrons. The zero-order valence-electron chi connectivity index (χ0n) is 5.46. The normalized spacial score (nSPS) is 6.40. The van der Waals surface area contributed by atoms with Gasteiger partial charge in [-0.15, -0.1) is 0 Å². The fourth-order valence-corrected chi connectivity index (χ4v) is 0.0821. The molecule has 5 nitrogen and oxygen atoms in total. The van der Waals surface area contributed by atoms with Gasteiger partial charge in [-0.05, 0) is 0 Å². The third kappa shape index (κ3) is 41.6. The van der Waals surface area contributed by atoms with E-state index >= 15 is 0 Å². The second kappa shape index (κ2) is 16.1. The molecule has 10 heavy (non-hydrogen) atoms. The van der Waals surface area contributed by atoms with Crippen LogP contribution in [-0.2, 0) is 14.4 Å². The van der Waals surface area contributed by atoms with Gasteiger partial charge in [-0.2, -0.15) is 15.8 Å². The average molecular weight is 215 g/mol. The molecule has 0 aromatic rings. The number of rotatable bonds is 1. The van der Waals surface area contributed by atoms with E-state index < -0.39 is 5.91 Å². The topological polar surface area (TPSA) is 103 Å². The largest absolute Gasteiger partial charge is 1.00 e. The van der Waals surface area contributed by atoms with Crippen molar-refractivity contribution < 1.29 is 72.6 Å². The number of primary amides is 1. The molecule has 0 saturated carbocycles. The van der Waals surface area contributed by atoms with Crippen molar-refractivity contribution in [1.29, 1.82) is 0 Å². The van der Waals surface area contributed by atoms with E-state index in [2.05, 4.69) is 5.73 Å². The van der Waals surface area contributed by atoms with Gasteiger partial charge in [0.25, 0.3) is 0 Å². The molecule has 1 amide bonds. The summed E-state index contributed by atoms with van der Waals surface area (Å²) in [5, 5.41) is 0. The molecule has 0 bridgehead atoms. The molecule has 0 spiro atoms. The van der Waals surface area contributed by atoms with Crippen LogP contribution in [0.15, 0.2) is 6.20 Å². The van der Waals surface area contributed by atoms with E-state index in [-0.39, 0.29) is 64.3 Å². The molecule has 0 aliphatic heterocycles. The van der Waals surface area contributed by atoms with Crippen molar-refractivity contribution in [3.63, 3.8) is 0 Å². The Hall–Kier alpha value is 0.195. The molecular weight excluding hydrogens is 210 g/mol. The van der Waals surface area contributed by atoms with Gasteiger partial charge in [0.15, 0.2) is 0 Å². The van der Waals surface area contributed by atoms with Crippen LogP contribution in [0.4, 0.5) is 0 Å². The first-order valence-electron chi connectivity index (χ1n) is 1.77. The van der Waals surface area contributed by atoms with Crippen molar-refractivity contribution in [3.8, 4) is 0 Å². The van der Waals surface area contributed by atoms with E-state index in [1.54, 1.807) is 0 Å². The molecule has 0 rings (SSSR count). The van der Waals surface area contributed by atoms with Gasteiger partial charge in [0, 0.05) is 0 Å². The van der Waals surface area contributed by atoms with Crippen LogP contribution >= 0.6 is 0 Å². The van der Waals surface area contributed by atoms with Crippen LogP contribution in [0.5, 0.6) is 0 Å². The van der Waals surface area contributed by atoms with Gasteiger partial charge < -0.3 is 22.3 Å². The number of hydrogen-bond donors (Lipinski definition) is 2. The first kappa shape index (κ1) is 16.7. The minimum atomic E-state index is -0.641. The fourth-order valence-electron chi connectivity index (χ4n) is 0.0821. The smallest absolute Gasteiger partial charge is 0.437 e. The Bertz CT molecular complexity index is 139. The minimum absolute atomic E-state index is 0. The maximum Gasteiger partial charge on any atom is 1.00 e. The van der Waals surface area contributed by atoms with Gasteiger partial charge in [0.1, 0.15) is 0 Å². The molecule has 0 aromatic carbocycles. The first-order chi connectivity index (χ1) is 4.18. The summed E-state index contributed by atoms with van der Waals surface area (Å²) in [5.74, 6) is -0.641. The van der Waals surface area contributed by atoms with Gasteiger partial charge in [-0.1, -0.05) is 0 Å². The Balaban J connectivity index is -0.000000107. The van der Waals surface area contributed by atoms with E-state index in [0.717, 1.165) is 6.20 Å². The first-order valence-corrected chi connectivity index (χ1v) is 1.77. The number of carbonyl (C=O) groups excluding carboxylic acids is 3. The number of nitrogens with two attached hydrogens (primary N) is 2. The van der Waals surface area contributed by atoms with Gasteiger partial charge in [-0.3, -0.25) is 0 Å². The fraction of sp³-hybridized carbons (Fsp3) is 0. The maximum absolute atomic E-state index is 9.60. The molecule has 0 heterocycles. The Labute approximate surface area is 107 Å². The summed E-state index contributed by atoms with van der Waals surface area (Å²) in [7, 11) is 0. The molecule has 0 atom stereocenters. The Morgan fingerprint density at radius 2 is 1.80 bits per heavy atom. The SMILES string of the molecule is NC=[C-]C(N)=O.O=C=O.[Rb+]. The van der Waals surface area contributed by atoms with Crippen LogP contribution < -0.4 is 69.7 Å². The van der Waals surface area contributed by atoms with Crippen molar-refractivity contribution >= 4 is 12.1 Å². The van der Waals surface area contributed by atoms with E-state index in [0.29, 0.717) is 0 Å². The van der Waals surface area contributed by atoms with Crippen LogP contribution in [-0.4, -0.2) is 12.1 Å². The molecule has 0 aliphatic rings. The van der Waals surface area contributed by atoms with Crippen LogP contribution in [0.1, 0.15) is 0 Å². The Morgan fingerprint density at radius 3 is 1.80 bits per heavy atom. The maximum atomic E-state index is 9.60. The molecule has 0 aliphatic carbocycles. The number of carbonyl (C=O) groups is 1. The third-order valence-electron chi connectivity index (χ3n) is 0.226. The summed E-state index contributed by atoms with van der Waals surface area (Å²) in [6.45, 7) is 0. The quantitative estimate of drug-likeness (QED) is 0.338. The van der Waals surface area contributed by atoms with Crippen molar-refractivity contribution in [2.45, 2.75) is 0 Å². The predicted molar refractivity (Wildman–Crippen MR) is 26.2 cm³/mol. The van der Waals surface area contributed by atoms with Crippen molar-refractivity contribution in [3.05, 3.63) is 12.3 Å². The van der Waals surface area contributed by atoms with Crippen LogP contribution in [0.3, 0.4) is 0 Å². The molecule has 0 fully saturated rings. The van der Waals surface area contributed by atoms with Gasteiger partial charge in [0.05, 0.1) is 5.91 Å². The van der Waals surface area contributed by atoms with Crippen LogP contribution in [0.2, 0.25) is 0 Å². The van der Waals surface area contributed by atoms with E-state index in [4.69, 9.17) is 15.3 Å². The Morgan fingerprint density at radius 1 is 1.50 bits per heavy atom. The van der Waals surface area contributed by atoms with Gasteiger partial charge in [-0.25, -0.2) is 0 Å². The second-order valence-corrected chi connectivity index (χ2v) is 0.759.